The Hall–Kier alpha value is -0.570. The van der Waals surface area contributed by atoms with Crippen molar-refractivity contribution < 1.29 is 15.0 Å². The van der Waals surface area contributed by atoms with Gasteiger partial charge in [-0.1, -0.05) is 40.5 Å². The van der Waals surface area contributed by atoms with Crippen LogP contribution in [-0.4, -0.2) is 21.8 Å². The maximum absolute atomic E-state index is 11.4. The molecule has 3 nitrogen and oxygen atoms in total. The second kappa shape index (κ2) is 4.36. The van der Waals surface area contributed by atoms with Gasteiger partial charge in [0.25, 0.3) is 0 Å². The van der Waals surface area contributed by atoms with E-state index in [4.69, 9.17) is 0 Å². The highest BCUT2D eigenvalue weighted by atomic mass is 16.4. The van der Waals surface area contributed by atoms with Gasteiger partial charge >= 0.3 is 5.97 Å². The minimum atomic E-state index is -1.06. The van der Waals surface area contributed by atoms with E-state index in [1.165, 1.54) is 0 Å². The van der Waals surface area contributed by atoms with Crippen LogP contribution in [0.2, 0.25) is 0 Å². The SMILES string of the molecule is CC(C)C(C(=O)O)C1(O)CCCCC1(C)C. The van der Waals surface area contributed by atoms with E-state index in [2.05, 4.69) is 0 Å². The second-order valence-electron chi connectivity index (χ2n) is 6.08. The van der Waals surface area contributed by atoms with E-state index >= 15 is 0 Å². The van der Waals surface area contributed by atoms with Crippen molar-refractivity contribution in [3.8, 4) is 0 Å². The van der Waals surface area contributed by atoms with Crippen LogP contribution in [0, 0.1) is 17.3 Å². The molecule has 2 unspecified atom stereocenters. The predicted molar refractivity (Wildman–Crippen MR) is 63.2 cm³/mol. The van der Waals surface area contributed by atoms with Gasteiger partial charge in [-0.25, -0.2) is 0 Å². The zero-order valence-corrected chi connectivity index (χ0v) is 10.8. The fourth-order valence-corrected chi connectivity index (χ4v) is 3.13. The van der Waals surface area contributed by atoms with E-state index in [9.17, 15) is 15.0 Å². The summed E-state index contributed by atoms with van der Waals surface area (Å²) in [6, 6.07) is 0. The zero-order valence-electron chi connectivity index (χ0n) is 10.8. The van der Waals surface area contributed by atoms with Gasteiger partial charge in [0.05, 0.1) is 11.5 Å². The highest BCUT2D eigenvalue weighted by molar-refractivity contribution is 5.72. The van der Waals surface area contributed by atoms with Gasteiger partial charge in [-0.2, -0.15) is 0 Å². The van der Waals surface area contributed by atoms with Crippen LogP contribution >= 0.6 is 0 Å². The van der Waals surface area contributed by atoms with Gasteiger partial charge in [0.1, 0.15) is 0 Å². The minimum Gasteiger partial charge on any atom is -0.481 e. The Bertz CT molecular complexity index is 270. The Morgan fingerprint density at radius 1 is 1.19 bits per heavy atom. The van der Waals surface area contributed by atoms with E-state index in [0.717, 1.165) is 19.3 Å². The lowest BCUT2D eigenvalue weighted by molar-refractivity contribution is -0.180. The highest BCUT2D eigenvalue weighted by Gasteiger charge is 2.53. The summed E-state index contributed by atoms with van der Waals surface area (Å²) in [6.07, 6.45) is 3.52. The molecule has 1 fully saturated rings. The van der Waals surface area contributed by atoms with Crippen molar-refractivity contribution in [3.05, 3.63) is 0 Å². The molecule has 2 atom stereocenters. The molecule has 2 N–H and O–H groups in total. The summed E-state index contributed by atoms with van der Waals surface area (Å²) in [5.74, 6) is -1.57. The van der Waals surface area contributed by atoms with Crippen molar-refractivity contribution >= 4 is 5.97 Å². The summed E-state index contributed by atoms with van der Waals surface area (Å²) in [7, 11) is 0. The first-order valence-corrected chi connectivity index (χ1v) is 6.17. The molecule has 0 radical (unpaired) electrons. The average molecular weight is 228 g/mol. The summed E-state index contributed by atoms with van der Waals surface area (Å²) >= 11 is 0. The number of aliphatic hydroxyl groups is 1. The van der Waals surface area contributed by atoms with E-state index < -0.39 is 17.5 Å². The molecule has 0 bridgehead atoms. The van der Waals surface area contributed by atoms with Crippen molar-refractivity contribution in [1.29, 1.82) is 0 Å². The van der Waals surface area contributed by atoms with E-state index in [1.807, 2.05) is 27.7 Å². The van der Waals surface area contributed by atoms with Gasteiger partial charge < -0.3 is 10.2 Å². The molecule has 0 aromatic rings. The van der Waals surface area contributed by atoms with E-state index in [0.29, 0.717) is 6.42 Å². The first-order chi connectivity index (χ1) is 7.22. The molecule has 94 valence electrons. The van der Waals surface area contributed by atoms with Crippen molar-refractivity contribution in [2.24, 2.45) is 17.3 Å². The van der Waals surface area contributed by atoms with Gasteiger partial charge in [0.2, 0.25) is 0 Å². The Kier molecular flexibility index (Phi) is 3.68. The number of aliphatic carboxylic acids is 1. The molecule has 0 aromatic carbocycles. The molecule has 3 heteroatoms. The van der Waals surface area contributed by atoms with Crippen molar-refractivity contribution in [2.45, 2.75) is 59.0 Å². The van der Waals surface area contributed by atoms with Crippen LogP contribution in [0.4, 0.5) is 0 Å². The molecule has 0 heterocycles. The smallest absolute Gasteiger partial charge is 0.309 e. The Morgan fingerprint density at radius 2 is 1.69 bits per heavy atom. The van der Waals surface area contributed by atoms with Gasteiger partial charge in [0, 0.05) is 0 Å². The van der Waals surface area contributed by atoms with Crippen LogP contribution in [0.1, 0.15) is 53.4 Å². The third-order valence-electron chi connectivity index (χ3n) is 4.23. The molecule has 0 aliphatic heterocycles. The van der Waals surface area contributed by atoms with Crippen LogP contribution < -0.4 is 0 Å². The monoisotopic (exact) mass is 228 g/mol. The van der Waals surface area contributed by atoms with E-state index in [1.54, 1.807) is 0 Å². The fraction of sp³-hybridized carbons (Fsp3) is 0.923. The number of carboxylic acids is 1. The molecule has 0 saturated heterocycles. The maximum atomic E-state index is 11.4. The lowest BCUT2D eigenvalue weighted by Crippen LogP contribution is -2.56. The van der Waals surface area contributed by atoms with Gasteiger partial charge in [-0.15, -0.1) is 0 Å². The lowest BCUT2D eigenvalue weighted by Gasteiger charge is -2.50. The summed E-state index contributed by atoms with van der Waals surface area (Å²) in [5.41, 5.74) is -1.37. The maximum Gasteiger partial charge on any atom is 0.309 e. The Balaban J connectivity index is 3.08. The van der Waals surface area contributed by atoms with E-state index in [-0.39, 0.29) is 11.3 Å². The number of hydrogen-bond donors (Lipinski definition) is 2. The highest BCUT2D eigenvalue weighted by Crippen LogP contribution is 2.49. The van der Waals surface area contributed by atoms with Crippen LogP contribution in [-0.2, 0) is 4.79 Å². The molecule has 1 aliphatic carbocycles. The van der Waals surface area contributed by atoms with Crippen molar-refractivity contribution in [3.63, 3.8) is 0 Å². The quantitative estimate of drug-likeness (QED) is 0.780. The molecular weight excluding hydrogens is 204 g/mol. The number of carboxylic acid groups (broad SMARTS) is 1. The van der Waals surface area contributed by atoms with Crippen molar-refractivity contribution in [2.75, 3.05) is 0 Å². The number of hydrogen-bond acceptors (Lipinski definition) is 2. The van der Waals surface area contributed by atoms with Crippen LogP contribution in [0.15, 0.2) is 0 Å². The molecule has 0 spiro atoms. The standard InChI is InChI=1S/C13H24O3/c1-9(2)10(11(14)15)13(16)8-6-5-7-12(13,3)4/h9-10,16H,5-8H2,1-4H3,(H,14,15). The van der Waals surface area contributed by atoms with Gasteiger partial charge in [-0.05, 0) is 24.2 Å². The zero-order chi connectivity index (χ0) is 12.6. The first-order valence-electron chi connectivity index (χ1n) is 6.17. The molecule has 1 aliphatic rings. The van der Waals surface area contributed by atoms with Crippen molar-refractivity contribution in [1.82, 2.24) is 0 Å². The molecule has 16 heavy (non-hydrogen) atoms. The summed E-state index contributed by atoms with van der Waals surface area (Å²) in [6.45, 7) is 7.73. The largest absolute Gasteiger partial charge is 0.481 e. The Morgan fingerprint density at radius 3 is 2.06 bits per heavy atom. The normalized spacial score (nSPS) is 31.4. The number of carbonyl (C=O) groups is 1. The van der Waals surface area contributed by atoms with Gasteiger partial charge in [-0.3, -0.25) is 4.79 Å². The number of rotatable bonds is 3. The summed E-state index contributed by atoms with van der Waals surface area (Å²) < 4.78 is 0. The average Bonchev–Trinajstić information content (AvgIpc) is 2.09. The first kappa shape index (κ1) is 13.5. The molecule has 0 amide bonds. The third-order valence-corrected chi connectivity index (χ3v) is 4.23. The molecule has 0 aromatic heterocycles. The third kappa shape index (κ3) is 2.10. The molecule has 1 rings (SSSR count). The predicted octanol–water partition coefficient (Wildman–Crippen LogP) is 2.67. The molecular formula is C13H24O3. The minimum absolute atomic E-state index is 0.0418. The Labute approximate surface area is 97.9 Å². The topological polar surface area (TPSA) is 57.5 Å². The second-order valence-corrected chi connectivity index (χ2v) is 6.08. The summed E-state index contributed by atoms with van der Waals surface area (Å²) in [5, 5.41) is 20.2. The van der Waals surface area contributed by atoms with Crippen LogP contribution in [0.5, 0.6) is 0 Å². The van der Waals surface area contributed by atoms with Crippen LogP contribution in [0.25, 0.3) is 0 Å². The van der Waals surface area contributed by atoms with Gasteiger partial charge in [0.15, 0.2) is 0 Å². The summed E-state index contributed by atoms with van der Waals surface area (Å²) in [4.78, 5) is 11.4. The lowest BCUT2D eigenvalue weighted by atomic mass is 9.58. The van der Waals surface area contributed by atoms with Crippen LogP contribution in [0.3, 0.4) is 0 Å². The molecule has 1 saturated carbocycles. The fourth-order valence-electron chi connectivity index (χ4n) is 3.13.